The highest BCUT2D eigenvalue weighted by Gasteiger charge is 2.07. The Bertz CT molecular complexity index is 513. The van der Waals surface area contributed by atoms with Gasteiger partial charge in [0.15, 0.2) is 0 Å². The van der Waals surface area contributed by atoms with Gasteiger partial charge in [-0.3, -0.25) is 14.9 Å². The first-order chi connectivity index (χ1) is 10.5. The molecule has 0 aromatic heterocycles. The van der Waals surface area contributed by atoms with Crippen molar-refractivity contribution in [1.82, 2.24) is 5.32 Å². The molecule has 0 aliphatic heterocycles. The van der Waals surface area contributed by atoms with Crippen LogP contribution >= 0.6 is 0 Å². The summed E-state index contributed by atoms with van der Waals surface area (Å²) in [5.41, 5.74) is 1.48. The third-order valence-electron chi connectivity index (χ3n) is 2.74. The SMILES string of the molecule is CCOC(=O)CCC(=O)NCc1ccc(NC(=O)OC)cc1. The van der Waals surface area contributed by atoms with Crippen molar-refractivity contribution in [3.8, 4) is 0 Å². The van der Waals surface area contributed by atoms with Crippen molar-refractivity contribution in [2.45, 2.75) is 26.3 Å². The lowest BCUT2D eigenvalue weighted by molar-refractivity contribution is -0.144. The molecule has 0 bridgehead atoms. The molecule has 0 radical (unpaired) electrons. The number of benzene rings is 1. The lowest BCUT2D eigenvalue weighted by Crippen LogP contribution is -2.23. The van der Waals surface area contributed by atoms with Crippen molar-refractivity contribution >= 4 is 23.7 Å². The van der Waals surface area contributed by atoms with E-state index in [1.807, 2.05) is 0 Å². The number of methoxy groups -OCH3 is 1. The van der Waals surface area contributed by atoms with Crippen LogP contribution in [-0.2, 0) is 25.6 Å². The zero-order chi connectivity index (χ0) is 16.4. The quantitative estimate of drug-likeness (QED) is 0.749. The fraction of sp³-hybridized carbons (Fsp3) is 0.400. The number of nitrogens with one attached hydrogen (secondary N) is 2. The van der Waals surface area contributed by atoms with Crippen LogP contribution in [0.15, 0.2) is 24.3 Å². The Hall–Kier alpha value is -2.57. The molecule has 0 spiro atoms. The molecule has 0 heterocycles. The van der Waals surface area contributed by atoms with Gasteiger partial charge in [-0.05, 0) is 24.6 Å². The fourth-order valence-electron chi connectivity index (χ4n) is 1.61. The summed E-state index contributed by atoms with van der Waals surface area (Å²) in [6.45, 7) is 2.38. The Morgan fingerprint density at radius 2 is 1.77 bits per heavy atom. The number of rotatable bonds is 7. The Labute approximate surface area is 129 Å². The number of esters is 1. The van der Waals surface area contributed by atoms with Crippen molar-refractivity contribution in [1.29, 1.82) is 0 Å². The molecule has 1 aromatic rings. The molecule has 7 heteroatoms. The summed E-state index contributed by atoms with van der Waals surface area (Å²) >= 11 is 0. The number of hydrogen-bond acceptors (Lipinski definition) is 5. The van der Waals surface area contributed by atoms with E-state index in [-0.39, 0.29) is 24.7 Å². The molecular weight excluding hydrogens is 288 g/mol. The second-order valence-electron chi connectivity index (χ2n) is 4.40. The standard InChI is InChI=1S/C15H20N2O5/c1-3-22-14(19)9-8-13(18)16-10-11-4-6-12(7-5-11)17-15(20)21-2/h4-7H,3,8-10H2,1-2H3,(H,16,18)(H,17,20). The average Bonchev–Trinajstić information content (AvgIpc) is 2.52. The van der Waals surface area contributed by atoms with Gasteiger partial charge in [-0.1, -0.05) is 12.1 Å². The summed E-state index contributed by atoms with van der Waals surface area (Å²) in [5.74, 6) is -0.597. The normalized spacial score (nSPS) is 9.73. The number of carbonyl (C=O) groups excluding carboxylic acids is 3. The molecule has 0 saturated carbocycles. The maximum atomic E-state index is 11.6. The Morgan fingerprint density at radius 3 is 2.36 bits per heavy atom. The Morgan fingerprint density at radius 1 is 1.09 bits per heavy atom. The summed E-state index contributed by atoms with van der Waals surface area (Å²) in [5, 5.41) is 5.24. The molecule has 120 valence electrons. The van der Waals surface area contributed by atoms with Gasteiger partial charge in [0.05, 0.1) is 20.1 Å². The highest BCUT2D eigenvalue weighted by molar-refractivity contribution is 5.84. The topological polar surface area (TPSA) is 93.7 Å². The van der Waals surface area contributed by atoms with Gasteiger partial charge in [0.25, 0.3) is 0 Å². The average molecular weight is 308 g/mol. The molecule has 0 fully saturated rings. The van der Waals surface area contributed by atoms with Crippen LogP contribution in [0.4, 0.5) is 10.5 Å². The van der Waals surface area contributed by atoms with Crippen LogP contribution in [-0.4, -0.2) is 31.7 Å². The molecule has 0 atom stereocenters. The first-order valence-corrected chi connectivity index (χ1v) is 6.91. The van der Waals surface area contributed by atoms with Crippen LogP contribution < -0.4 is 10.6 Å². The number of hydrogen-bond donors (Lipinski definition) is 2. The van der Waals surface area contributed by atoms with E-state index < -0.39 is 6.09 Å². The van der Waals surface area contributed by atoms with Crippen LogP contribution in [0, 0.1) is 0 Å². The molecule has 0 aliphatic carbocycles. The maximum Gasteiger partial charge on any atom is 0.411 e. The molecule has 0 unspecified atom stereocenters. The van der Waals surface area contributed by atoms with Crippen molar-refractivity contribution in [2.24, 2.45) is 0 Å². The van der Waals surface area contributed by atoms with Gasteiger partial charge in [-0.2, -0.15) is 0 Å². The molecular formula is C15H20N2O5. The molecule has 7 nitrogen and oxygen atoms in total. The van der Waals surface area contributed by atoms with Crippen molar-refractivity contribution in [3.05, 3.63) is 29.8 Å². The molecule has 1 rings (SSSR count). The minimum absolute atomic E-state index is 0.0711. The van der Waals surface area contributed by atoms with E-state index in [0.717, 1.165) is 5.56 Å². The number of ether oxygens (including phenoxy) is 2. The van der Waals surface area contributed by atoms with Gasteiger partial charge in [0.1, 0.15) is 0 Å². The predicted molar refractivity (Wildman–Crippen MR) is 80.2 cm³/mol. The third-order valence-corrected chi connectivity index (χ3v) is 2.74. The van der Waals surface area contributed by atoms with Crippen LogP contribution in [0.25, 0.3) is 0 Å². The van der Waals surface area contributed by atoms with Crippen LogP contribution in [0.2, 0.25) is 0 Å². The minimum Gasteiger partial charge on any atom is -0.466 e. The highest BCUT2D eigenvalue weighted by Crippen LogP contribution is 2.09. The number of carbonyl (C=O) groups is 3. The van der Waals surface area contributed by atoms with Gasteiger partial charge in [0.2, 0.25) is 5.91 Å². The Balaban J connectivity index is 2.33. The maximum absolute atomic E-state index is 11.6. The zero-order valence-corrected chi connectivity index (χ0v) is 12.7. The van der Waals surface area contributed by atoms with Gasteiger partial charge in [0, 0.05) is 18.7 Å². The number of anilines is 1. The van der Waals surface area contributed by atoms with Crippen molar-refractivity contribution < 1.29 is 23.9 Å². The molecule has 2 amide bonds. The van der Waals surface area contributed by atoms with E-state index >= 15 is 0 Å². The molecule has 22 heavy (non-hydrogen) atoms. The van der Waals surface area contributed by atoms with Crippen LogP contribution in [0.5, 0.6) is 0 Å². The van der Waals surface area contributed by atoms with E-state index in [0.29, 0.717) is 18.8 Å². The van der Waals surface area contributed by atoms with E-state index in [9.17, 15) is 14.4 Å². The summed E-state index contributed by atoms with van der Waals surface area (Å²) < 4.78 is 9.23. The molecule has 0 saturated heterocycles. The van der Waals surface area contributed by atoms with E-state index in [1.165, 1.54) is 7.11 Å². The highest BCUT2D eigenvalue weighted by atomic mass is 16.5. The first kappa shape index (κ1) is 17.5. The molecule has 2 N–H and O–H groups in total. The second kappa shape index (κ2) is 9.38. The first-order valence-electron chi connectivity index (χ1n) is 6.91. The lowest BCUT2D eigenvalue weighted by Gasteiger charge is -2.07. The smallest absolute Gasteiger partial charge is 0.411 e. The van der Waals surface area contributed by atoms with Gasteiger partial charge >= 0.3 is 12.1 Å². The second-order valence-corrected chi connectivity index (χ2v) is 4.40. The van der Waals surface area contributed by atoms with Crippen molar-refractivity contribution in [2.75, 3.05) is 19.0 Å². The van der Waals surface area contributed by atoms with Crippen molar-refractivity contribution in [3.63, 3.8) is 0 Å². The van der Waals surface area contributed by atoms with Gasteiger partial charge in [-0.25, -0.2) is 4.79 Å². The number of amides is 2. The molecule has 0 aliphatic rings. The lowest BCUT2D eigenvalue weighted by atomic mass is 10.2. The van der Waals surface area contributed by atoms with E-state index in [2.05, 4.69) is 15.4 Å². The summed E-state index contributed by atoms with van der Waals surface area (Å²) in [7, 11) is 1.29. The minimum atomic E-state index is -0.542. The van der Waals surface area contributed by atoms with Gasteiger partial charge in [-0.15, -0.1) is 0 Å². The molecule has 1 aromatic carbocycles. The predicted octanol–water partition coefficient (Wildman–Crippen LogP) is 1.82. The van der Waals surface area contributed by atoms with E-state index in [1.54, 1.807) is 31.2 Å². The van der Waals surface area contributed by atoms with Crippen LogP contribution in [0.3, 0.4) is 0 Å². The zero-order valence-electron chi connectivity index (χ0n) is 12.7. The summed E-state index contributed by atoms with van der Waals surface area (Å²) in [6.07, 6.45) is -0.373. The Kier molecular flexibility index (Phi) is 7.45. The fourth-order valence-corrected chi connectivity index (χ4v) is 1.61. The summed E-state index contributed by atoms with van der Waals surface area (Å²) in [6, 6.07) is 6.96. The third kappa shape index (κ3) is 6.74. The summed E-state index contributed by atoms with van der Waals surface area (Å²) in [4.78, 5) is 33.7. The van der Waals surface area contributed by atoms with Crippen LogP contribution in [0.1, 0.15) is 25.3 Å². The largest absolute Gasteiger partial charge is 0.466 e. The monoisotopic (exact) mass is 308 g/mol. The van der Waals surface area contributed by atoms with E-state index in [4.69, 9.17) is 4.74 Å². The van der Waals surface area contributed by atoms with Gasteiger partial charge < -0.3 is 14.8 Å².